The molecule has 1 aliphatic heterocycles. The van der Waals surface area contributed by atoms with E-state index in [9.17, 15) is 4.79 Å². The van der Waals surface area contributed by atoms with Crippen molar-refractivity contribution in [2.75, 3.05) is 57.1 Å². The fraction of sp³-hybridized carbons (Fsp3) is 0.241. The molecule has 9 nitrogen and oxygen atoms in total. The average Bonchev–Trinajstić information content (AvgIpc) is 3.42. The number of nitrogens with zero attached hydrogens (tertiary/aromatic N) is 3. The zero-order valence-electron chi connectivity index (χ0n) is 22.1. The van der Waals surface area contributed by atoms with E-state index < -0.39 is 0 Å². The van der Waals surface area contributed by atoms with Crippen LogP contribution >= 0.6 is 11.9 Å². The standard InChI is InChI=1S/C29H30N4O5S/c1-5-26(34)33-14-12-32(13-15-33)21-9-6-8-19(16-21)20-17-24(37-4)27-25(18-20)38-30-29(27)31-39-28-22(35-2)10-7-11-23(28)36-3/h5-11,16-18H,1,12-15H2,2-4H3,(H,30,31). The highest BCUT2D eigenvalue weighted by atomic mass is 32.2. The molecule has 10 heteroatoms. The average molecular weight is 547 g/mol. The molecule has 1 saturated heterocycles. The predicted molar refractivity (Wildman–Crippen MR) is 154 cm³/mol. The molecule has 3 aromatic carbocycles. The highest BCUT2D eigenvalue weighted by molar-refractivity contribution is 8.00. The van der Waals surface area contributed by atoms with Gasteiger partial charge >= 0.3 is 0 Å². The van der Waals surface area contributed by atoms with E-state index in [0.717, 1.165) is 40.2 Å². The van der Waals surface area contributed by atoms with Gasteiger partial charge in [0.2, 0.25) is 5.91 Å². The van der Waals surface area contributed by atoms with Gasteiger partial charge in [0, 0.05) is 31.9 Å². The Morgan fingerprint density at radius 2 is 1.64 bits per heavy atom. The van der Waals surface area contributed by atoms with Gasteiger partial charge in [-0.25, -0.2) is 0 Å². The van der Waals surface area contributed by atoms with Gasteiger partial charge in [0.25, 0.3) is 0 Å². The summed E-state index contributed by atoms with van der Waals surface area (Å²) in [5.74, 6) is 2.52. The third-order valence-corrected chi connectivity index (χ3v) is 7.60. The van der Waals surface area contributed by atoms with Crippen molar-refractivity contribution in [3.63, 3.8) is 0 Å². The monoisotopic (exact) mass is 546 g/mol. The molecule has 1 amide bonds. The number of carbonyl (C=O) groups is 1. The Bertz CT molecular complexity index is 1470. The minimum Gasteiger partial charge on any atom is -0.496 e. The van der Waals surface area contributed by atoms with Crippen LogP contribution in [0.4, 0.5) is 11.5 Å². The number of anilines is 2. The Balaban J connectivity index is 1.39. The lowest BCUT2D eigenvalue weighted by Gasteiger charge is -2.35. The first-order valence-electron chi connectivity index (χ1n) is 12.4. The molecule has 202 valence electrons. The molecule has 0 atom stereocenters. The van der Waals surface area contributed by atoms with Crippen molar-refractivity contribution in [2.24, 2.45) is 0 Å². The molecule has 1 aliphatic rings. The van der Waals surface area contributed by atoms with Crippen molar-refractivity contribution in [3.8, 4) is 28.4 Å². The smallest absolute Gasteiger partial charge is 0.246 e. The number of ether oxygens (including phenoxy) is 3. The summed E-state index contributed by atoms with van der Waals surface area (Å²) >= 11 is 1.32. The van der Waals surface area contributed by atoms with Crippen LogP contribution in [0.1, 0.15) is 0 Å². The minimum atomic E-state index is -0.0230. The Morgan fingerprint density at radius 3 is 2.31 bits per heavy atom. The lowest BCUT2D eigenvalue weighted by molar-refractivity contribution is -0.126. The number of methoxy groups -OCH3 is 3. The number of amides is 1. The number of carbonyl (C=O) groups excluding carboxylic acids is 1. The molecule has 1 aromatic heterocycles. The van der Waals surface area contributed by atoms with Crippen molar-refractivity contribution in [1.29, 1.82) is 0 Å². The third-order valence-electron chi connectivity index (χ3n) is 6.70. The van der Waals surface area contributed by atoms with Crippen molar-refractivity contribution < 1.29 is 23.5 Å². The van der Waals surface area contributed by atoms with Gasteiger partial charge in [-0.15, -0.1) is 0 Å². The van der Waals surface area contributed by atoms with E-state index in [1.165, 1.54) is 18.0 Å². The number of hydrogen-bond acceptors (Lipinski definition) is 9. The molecule has 0 unspecified atom stereocenters. The van der Waals surface area contributed by atoms with Crippen LogP contribution in [0, 0.1) is 0 Å². The van der Waals surface area contributed by atoms with Gasteiger partial charge in [-0.3, -0.25) is 4.79 Å². The Kier molecular flexibility index (Phi) is 7.83. The number of piperazine rings is 1. The summed E-state index contributed by atoms with van der Waals surface area (Å²) in [6, 6.07) is 17.9. The second-order valence-electron chi connectivity index (χ2n) is 8.85. The van der Waals surface area contributed by atoms with Gasteiger partial charge in [0.05, 0.1) is 21.3 Å². The topological polar surface area (TPSA) is 89.3 Å². The molecular formula is C29H30N4O5S. The SMILES string of the molecule is C=CC(=O)N1CCN(c2cccc(-c3cc(OC)c4c(NSc5c(OC)cccc5OC)noc4c3)c2)CC1. The van der Waals surface area contributed by atoms with Crippen molar-refractivity contribution in [2.45, 2.75) is 4.90 Å². The van der Waals surface area contributed by atoms with Crippen molar-refractivity contribution >= 4 is 40.3 Å². The second-order valence-corrected chi connectivity index (χ2v) is 9.66. The Morgan fingerprint density at radius 1 is 0.949 bits per heavy atom. The fourth-order valence-electron chi connectivity index (χ4n) is 4.65. The molecule has 0 spiro atoms. The zero-order valence-corrected chi connectivity index (χ0v) is 22.9. The van der Waals surface area contributed by atoms with Crippen LogP contribution < -0.4 is 23.8 Å². The largest absolute Gasteiger partial charge is 0.496 e. The molecule has 1 N–H and O–H groups in total. The van der Waals surface area contributed by atoms with Crippen LogP contribution in [0.5, 0.6) is 17.2 Å². The highest BCUT2D eigenvalue weighted by Crippen LogP contribution is 2.42. The molecule has 0 aliphatic carbocycles. The van der Waals surface area contributed by atoms with Crippen LogP contribution in [0.3, 0.4) is 0 Å². The predicted octanol–water partition coefficient (Wildman–Crippen LogP) is 5.47. The quantitative estimate of drug-likeness (QED) is 0.217. The van der Waals surface area contributed by atoms with Crippen LogP contribution in [0.15, 0.2) is 76.7 Å². The van der Waals surface area contributed by atoms with E-state index in [1.807, 2.05) is 41.3 Å². The van der Waals surface area contributed by atoms with Gasteiger partial charge in [0.15, 0.2) is 11.4 Å². The molecule has 2 heterocycles. The summed E-state index contributed by atoms with van der Waals surface area (Å²) < 4.78 is 25.7. The molecular weight excluding hydrogens is 516 g/mol. The second kappa shape index (κ2) is 11.6. The minimum absolute atomic E-state index is 0.0230. The Hall–Kier alpha value is -4.31. The molecule has 5 rings (SSSR count). The number of benzene rings is 3. The van der Waals surface area contributed by atoms with E-state index in [-0.39, 0.29) is 5.91 Å². The summed E-state index contributed by atoms with van der Waals surface area (Å²) in [5.41, 5.74) is 3.67. The number of hydrogen-bond donors (Lipinski definition) is 1. The normalized spacial score (nSPS) is 13.3. The third kappa shape index (κ3) is 5.33. The number of aromatic nitrogens is 1. The van der Waals surface area contributed by atoms with Crippen LogP contribution in [0.25, 0.3) is 22.1 Å². The van der Waals surface area contributed by atoms with Gasteiger partial charge in [-0.05, 0) is 65.5 Å². The van der Waals surface area contributed by atoms with Gasteiger partial charge in [-0.2, -0.15) is 0 Å². The van der Waals surface area contributed by atoms with E-state index in [1.54, 1.807) is 21.3 Å². The molecule has 0 saturated carbocycles. The van der Waals surface area contributed by atoms with Gasteiger partial charge in [-0.1, -0.05) is 29.9 Å². The number of nitrogens with one attached hydrogen (secondary N) is 1. The summed E-state index contributed by atoms with van der Waals surface area (Å²) in [7, 11) is 4.87. The van der Waals surface area contributed by atoms with E-state index >= 15 is 0 Å². The first-order chi connectivity index (χ1) is 19.1. The van der Waals surface area contributed by atoms with Gasteiger partial charge < -0.3 is 33.3 Å². The Labute approximate surface area is 231 Å². The van der Waals surface area contributed by atoms with Crippen LogP contribution in [0.2, 0.25) is 0 Å². The first kappa shape index (κ1) is 26.3. The number of fused-ring (bicyclic) bond motifs is 1. The lowest BCUT2D eigenvalue weighted by Crippen LogP contribution is -2.48. The summed E-state index contributed by atoms with van der Waals surface area (Å²) in [5, 5.41) is 5.01. The van der Waals surface area contributed by atoms with E-state index in [4.69, 9.17) is 18.7 Å². The number of rotatable bonds is 9. The van der Waals surface area contributed by atoms with E-state index in [2.05, 4.69) is 39.6 Å². The zero-order chi connectivity index (χ0) is 27.4. The molecule has 0 bridgehead atoms. The maximum atomic E-state index is 11.9. The van der Waals surface area contributed by atoms with Crippen LogP contribution in [-0.4, -0.2) is 63.5 Å². The van der Waals surface area contributed by atoms with Crippen LogP contribution in [-0.2, 0) is 4.79 Å². The van der Waals surface area contributed by atoms with Crippen molar-refractivity contribution in [1.82, 2.24) is 10.1 Å². The van der Waals surface area contributed by atoms with E-state index in [0.29, 0.717) is 41.7 Å². The fourth-order valence-corrected chi connectivity index (χ4v) is 5.49. The summed E-state index contributed by atoms with van der Waals surface area (Å²) in [4.78, 5) is 16.8. The van der Waals surface area contributed by atoms with Crippen molar-refractivity contribution in [3.05, 3.63) is 67.3 Å². The molecule has 0 radical (unpaired) electrons. The van der Waals surface area contributed by atoms with Gasteiger partial charge in [0.1, 0.15) is 27.5 Å². The summed E-state index contributed by atoms with van der Waals surface area (Å²) in [6.07, 6.45) is 1.37. The lowest BCUT2D eigenvalue weighted by atomic mass is 10.0. The maximum absolute atomic E-state index is 11.9. The molecule has 39 heavy (non-hydrogen) atoms. The first-order valence-corrected chi connectivity index (χ1v) is 13.3. The summed E-state index contributed by atoms with van der Waals surface area (Å²) in [6.45, 7) is 6.45. The molecule has 4 aromatic rings. The molecule has 1 fully saturated rings. The highest BCUT2D eigenvalue weighted by Gasteiger charge is 2.21. The maximum Gasteiger partial charge on any atom is 0.246 e.